The van der Waals surface area contributed by atoms with Crippen LogP contribution in [0.2, 0.25) is 0 Å². The molecule has 3 N–H and O–H groups in total. The Labute approximate surface area is 113 Å². The molecule has 0 amide bonds. The van der Waals surface area contributed by atoms with Crippen LogP contribution in [0.3, 0.4) is 0 Å². The predicted molar refractivity (Wildman–Crippen MR) is 77.3 cm³/mol. The first kappa shape index (κ1) is 15.9. The third-order valence-corrected chi connectivity index (χ3v) is 4.54. The summed E-state index contributed by atoms with van der Waals surface area (Å²) in [5.74, 6) is 5.69. The number of methoxy groups -OCH3 is 1. The van der Waals surface area contributed by atoms with Gasteiger partial charge in [0.1, 0.15) is 0 Å². The summed E-state index contributed by atoms with van der Waals surface area (Å²) >= 11 is 0. The summed E-state index contributed by atoms with van der Waals surface area (Å²) in [6, 6.07) is 0.340. The first-order valence-electron chi connectivity index (χ1n) is 7.80. The van der Waals surface area contributed by atoms with E-state index >= 15 is 0 Å². The van der Waals surface area contributed by atoms with E-state index in [4.69, 9.17) is 10.6 Å². The van der Waals surface area contributed by atoms with Gasteiger partial charge in [0.05, 0.1) is 11.6 Å². The fraction of sp³-hybridized carbons (Fsp3) is 1.00. The molecule has 3 nitrogen and oxygen atoms in total. The van der Waals surface area contributed by atoms with Crippen molar-refractivity contribution in [2.75, 3.05) is 7.11 Å². The van der Waals surface area contributed by atoms with E-state index in [2.05, 4.69) is 12.3 Å². The van der Waals surface area contributed by atoms with E-state index in [0.29, 0.717) is 6.04 Å². The molecule has 1 unspecified atom stereocenters. The molecule has 0 aromatic heterocycles. The van der Waals surface area contributed by atoms with Gasteiger partial charge in [0.2, 0.25) is 0 Å². The van der Waals surface area contributed by atoms with Gasteiger partial charge in [-0.3, -0.25) is 11.3 Å². The zero-order valence-corrected chi connectivity index (χ0v) is 12.3. The Bertz CT molecular complexity index is 199. The average molecular weight is 256 g/mol. The summed E-state index contributed by atoms with van der Waals surface area (Å²) in [4.78, 5) is 0. The van der Waals surface area contributed by atoms with E-state index in [1.54, 1.807) is 0 Å². The minimum atomic E-state index is 0.0387. The lowest BCUT2D eigenvalue weighted by Crippen LogP contribution is -2.58. The van der Waals surface area contributed by atoms with E-state index in [1.807, 2.05) is 7.11 Å². The zero-order valence-electron chi connectivity index (χ0n) is 12.3. The molecule has 0 aromatic carbocycles. The molecule has 0 bridgehead atoms. The lowest BCUT2D eigenvalue weighted by molar-refractivity contribution is -0.100. The summed E-state index contributed by atoms with van der Waals surface area (Å²) in [6.07, 6.45) is 14.2. The van der Waals surface area contributed by atoms with Gasteiger partial charge in [0.15, 0.2) is 0 Å². The fourth-order valence-corrected chi connectivity index (χ4v) is 3.02. The van der Waals surface area contributed by atoms with Gasteiger partial charge < -0.3 is 4.74 Å². The predicted octanol–water partition coefficient (Wildman–Crippen LogP) is 3.53. The quantitative estimate of drug-likeness (QED) is 0.338. The molecule has 0 aromatic rings. The van der Waals surface area contributed by atoms with Crippen LogP contribution in [-0.4, -0.2) is 18.8 Å². The van der Waals surface area contributed by atoms with Gasteiger partial charge in [-0.15, -0.1) is 0 Å². The molecule has 0 spiro atoms. The highest BCUT2D eigenvalue weighted by molar-refractivity contribution is 4.98. The maximum absolute atomic E-state index is 5.69. The Balaban J connectivity index is 2.08. The monoisotopic (exact) mass is 256 g/mol. The smallest absolute Gasteiger partial charge is 0.0844 e. The van der Waals surface area contributed by atoms with Gasteiger partial charge in [-0.1, -0.05) is 51.9 Å². The lowest BCUT2D eigenvalue weighted by atomic mass is 9.73. The molecule has 1 aliphatic carbocycles. The van der Waals surface area contributed by atoms with Crippen LogP contribution in [-0.2, 0) is 4.74 Å². The third-order valence-electron chi connectivity index (χ3n) is 4.54. The summed E-state index contributed by atoms with van der Waals surface area (Å²) in [7, 11) is 1.83. The maximum atomic E-state index is 5.69. The van der Waals surface area contributed by atoms with E-state index in [9.17, 15) is 0 Å². The van der Waals surface area contributed by atoms with Crippen molar-refractivity contribution in [1.29, 1.82) is 0 Å². The number of unbranched alkanes of at least 4 members (excludes halogenated alkanes) is 6. The number of hydrogen-bond donors (Lipinski definition) is 2. The second-order valence-corrected chi connectivity index (χ2v) is 5.75. The highest BCUT2D eigenvalue weighted by Crippen LogP contribution is 2.39. The second-order valence-electron chi connectivity index (χ2n) is 5.75. The molecular weight excluding hydrogens is 224 g/mol. The fourth-order valence-electron chi connectivity index (χ4n) is 3.02. The van der Waals surface area contributed by atoms with Crippen molar-refractivity contribution in [3.63, 3.8) is 0 Å². The van der Waals surface area contributed by atoms with Crippen LogP contribution < -0.4 is 11.3 Å². The number of ether oxygens (including phenoxy) is 1. The Kier molecular flexibility index (Phi) is 7.87. The molecular formula is C15H32N2O. The van der Waals surface area contributed by atoms with Crippen molar-refractivity contribution in [3.05, 3.63) is 0 Å². The number of nitrogens with one attached hydrogen (secondary N) is 1. The number of nitrogens with two attached hydrogens (primary N) is 1. The van der Waals surface area contributed by atoms with Crippen LogP contribution in [0.25, 0.3) is 0 Å². The topological polar surface area (TPSA) is 47.3 Å². The molecule has 1 rings (SSSR count). The molecule has 0 radical (unpaired) electrons. The molecule has 1 saturated carbocycles. The largest absolute Gasteiger partial charge is 0.377 e. The second kappa shape index (κ2) is 8.89. The molecule has 1 fully saturated rings. The van der Waals surface area contributed by atoms with E-state index in [-0.39, 0.29) is 5.60 Å². The Morgan fingerprint density at radius 3 is 2.17 bits per heavy atom. The van der Waals surface area contributed by atoms with E-state index in [1.165, 1.54) is 51.4 Å². The summed E-state index contributed by atoms with van der Waals surface area (Å²) in [5.41, 5.74) is 3.02. The van der Waals surface area contributed by atoms with Crippen molar-refractivity contribution in [2.24, 2.45) is 5.84 Å². The summed E-state index contributed by atoms with van der Waals surface area (Å²) < 4.78 is 5.69. The van der Waals surface area contributed by atoms with Crippen LogP contribution >= 0.6 is 0 Å². The van der Waals surface area contributed by atoms with Crippen molar-refractivity contribution in [1.82, 2.24) is 5.43 Å². The number of rotatable bonds is 11. The Morgan fingerprint density at radius 1 is 1.11 bits per heavy atom. The van der Waals surface area contributed by atoms with Crippen LogP contribution in [0.5, 0.6) is 0 Å². The molecule has 0 aliphatic heterocycles. The maximum Gasteiger partial charge on any atom is 0.0844 e. The Morgan fingerprint density at radius 2 is 1.72 bits per heavy atom. The van der Waals surface area contributed by atoms with E-state index < -0.39 is 0 Å². The van der Waals surface area contributed by atoms with Crippen LogP contribution in [0, 0.1) is 0 Å². The van der Waals surface area contributed by atoms with Crippen LogP contribution in [0.4, 0.5) is 0 Å². The molecule has 1 atom stereocenters. The molecule has 18 heavy (non-hydrogen) atoms. The third kappa shape index (κ3) is 4.52. The standard InChI is InChI=1S/C15H32N2O/c1-3-4-5-6-7-8-9-11-14(17-16)15(18-2)12-10-13-15/h14,17H,3-13,16H2,1-2H3. The first-order chi connectivity index (χ1) is 8.79. The van der Waals surface area contributed by atoms with Crippen molar-refractivity contribution in [2.45, 2.75) is 89.2 Å². The van der Waals surface area contributed by atoms with Gasteiger partial charge >= 0.3 is 0 Å². The van der Waals surface area contributed by atoms with Crippen molar-refractivity contribution >= 4 is 0 Å². The first-order valence-corrected chi connectivity index (χ1v) is 7.80. The van der Waals surface area contributed by atoms with Gasteiger partial charge in [-0.25, -0.2) is 0 Å². The Hall–Kier alpha value is -0.120. The highest BCUT2D eigenvalue weighted by Gasteiger charge is 2.43. The van der Waals surface area contributed by atoms with Gasteiger partial charge in [-0.05, 0) is 25.7 Å². The molecule has 3 heteroatoms. The molecule has 0 saturated heterocycles. The van der Waals surface area contributed by atoms with Crippen LogP contribution in [0.1, 0.15) is 77.6 Å². The minimum absolute atomic E-state index is 0.0387. The average Bonchev–Trinajstić information content (AvgIpc) is 2.34. The lowest BCUT2D eigenvalue weighted by Gasteiger charge is -2.46. The normalized spacial score (nSPS) is 19.5. The van der Waals surface area contributed by atoms with Crippen molar-refractivity contribution in [3.8, 4) is 0 Å². The summed E-state index contributed by atoms with van der Waals surface area (Å²) in [6.45, 7) is 2.26. The van der Waals surface area contributed by atoms with Crippen LogP contribution in [0.15, 0.2) is 0 Å². The zero-order chi connectivity index (χ0) is 13.3. The summed E-state index contributed by atoms with van der Waals surface area (Å²) in [5, 5.41) is 0. The number of hydrogen-bond acceptors (Lipinski definition) is 3. The van der Waals surface area contributed by atoms with Crippen molar-refractivity contribution < 1.29 is 4.74 Å². The minimum Gasteiger partial charge on any atom is -0.377 e. The molecule has 1 aliphatic rings. The SMILES string of the molecule is CCCCCCCCCC(NN)C1(OC)CCC1. The van der Waals surface area contributed by atoms with Gasteiger partial charge in [0.25, 0.3) is 0 Å². The number of hydrazine groups is 1. The molecule has 108 valence electrons. The van der Waals surface area contributed by atoms with Gasteiger partial charge in [-0.2, -0.15) is 0 Å². The van der Waals surface area contributed by atoms with Gasteiger partial charge in [0, 0.05) is 7.11 Å². The molecule has 0 heterocycles. The van der Waals surface area contributed by atoms with E-state index in [0.717, 1.165) is 19.3 Å². The highest BCUT2D eigenvalue weighted by atomic mass is 16.5.